The first kappa shape index (κ1) is 18.6. The van der Waals surface area contributed by atoms with Crippen molar-refractivity contribution in [1.82, 2.24) is 10.8 Å². The minimum absolute atomic E-state index is 0.329. The summed E-state index contributed by atoms with van der Waals surface area (Å²) in [7, 11) is 0. The first-order valence-electron chi connectivity index (χ1n) is 7.78. The summed E-state index contributed by atoms with van der Waals surface area (Å²) >= 11 is 0. The molecule has 2 aromatic rings. The highest BCUT2D eigenvalue weighted by atomic mass is 16.5. The van der Waals surface area contributed by atoms with E-state index in [2.05, 4.69) is 5.32 Å². The van der Waals surface area contributed by atoms with Gasteiger partial charge < -0.3 is 16.2 Å². The summed E-state index contributed by atoms with van der Waals surface area (Å²) < 4.78 is 0. The van der Waals surface area contributed by atoms with E-state index in [4.69, 9.17) is 10.9 Å². The van der Waals surface area contributed by atoms with Crippen LogP contribution >= 0.6 is 0 Å². The Hall–Kier alpha value is -2.74. The third kappa shape index (κ3) is 4.63. The maximum absolute atomic E-state index is 12.2. The molecule has 0 spiro atoms. The van der Waals surface area contributed by atoms with Crippen LogP contribution in [0.2, 0.25) is 0 Å². The summed E-state index contributed by atoms with van der Waals surface area (Å²) in [5.41, 5.74) is 10.3. The molecule has 0 saturated heterocycles. The highest BCUT2D eigenvalue weighted by Crippen LogP contribution is 2.21. The van der Waals surface area contributed by atoms with Crippen molar-refractivity contribution in [2.24, 2.45) is 5.73 Å². The molecule has 7 nitrogen and oxygen atoms in total. The largest absolute Gasteiger partial charge is 0.391 e. The second kappa shape index (κ2) is 8.39. The standard InChI is InChI=1S/C18H21N3O4/c1-11(22)16(18(24)21-25)20-17(23)14-7-5-13(6-8-14)15-4-2-3-12(9-15)10-19/h2-9,11,16,22,25H,10,19H2,1H3,(H,20,23)(H,21,24)/t11-,16+/m1/s1. The Kier molecular flexibility index (Phi) is 6.24. The van der Waals surface area contributed by atoms with Crippen molar-refractivity contribution in [2.45, 2.75) is 25.6 Å². The number of nitrogens with one attached hydrogen (secondary N) is 2. The van der Waals surface area contributed by atoms with Gasteiger partial charge in [-0.1, -0.05) is 30.3 Å². The molecule has 2 atom stereocenters. The van der Waals surface area contributed by atoms with Crippen molar-refractivity contribution in [1.29, 1.82) is 0 Å². The van der Waals surface area contributed by atoms with Gasteiger partial charge in [0, 0.05) is 12.1 Å². The number of aliphatic hydroxyl groups excluding tert-OH is 1. The van der Waals surface area contributed by atoms with Crippen LogP contribution in [-0.4, -0.2) is 34.3 Å². The quantitative estimate of drug-likeness (QED) is 0.392. The van der Waals surface area contributed by atoms with Gasteiger partial charge in [-0.3, -0.25) is 14.8 Å². The maximum Gasteiger partial charge on any atom is 0.268 e. The molecule has 0 fully saturated rings. The first-order chi connectivity index (χ1) is 12.0. The van der Waals surface area contributed by atoms with Crippen LogP contribution in [0.3, 0.4) is 0 Å². The molecule has 0 unspecified atom stereocenters. The number of hydroxylamine groups is 1. The molecule has 0 radical (unpaired) electrons. The zero-order valence-corrected chi connectivity index (χ0v) is 13.8. The van der Waals surface area contributed by atoms with Crippen molar-refractivity contribution in [3.63, 3.8) is 0 Å². The van der Waals surface area contributed by atoms with E-state index in [-0.39, 0.29) is 0 Å². The van der Waals surface area contributed by atoms with E-state index in [1.807, 2.05) is 24.3 Å². The number of benzene rings is 2. The molecule has 0 aliphatic rings. The zero-order chi connectivity index (χ0) is 18.4. The highest BCUT2D eigenvalue weighted by molar-refractivity contribution is 5.97. The van der Waals surface area contributed by atoms with Crippen molar-refractivity contribution in [2.75, 3.05) is 0 Å². The van der Waals surface area contributed by atoms with Gasteiger partial charge >= 0.3 is 0 Å². The van der Waals surface area contributed by atoms with Gasteiger partial charge in [-0.2, -0.15) is 0 Å². The van der Waals surface area contributed by atoms with E-state index in [9.17, 15) is 14.7 Å². The van der Waals surface area contributed by atoms with E-state index in [1.165, 1.54) is 12.4 Å². The van der Waals surface area contributed by atoms with Crippen molar-refractivity contribution < 1.29 is 19.9 Å². The molecule has 0 aromatic heterocycles. The number of hydrogen-bond acceptors (Lipinski definition) is 5. The molecular weight excluding hydrogens is 322 g/mol. The minimum Gasteiger partial charge on any atom is -0.391 e. The van der Waals surface area contributed by atoms with E-state index < -0.39 is 24.0 Å². The smallest absolute Gasteiger partial charge is 0.268 e. The zero-order valence-electron chi connectivity index (χ0n) is 13.8. The molecule has 2 rings (SSSR count). The predicted molar refractivity (Wildman–Crippen MR) is 92.6 cm³/mol. The van der Waals surface area contributed by atoms with Gasteiger partial charge in [0.2, 0.25) is 0 Å². The van der Waals surface area contributed by atoms with E-state index in [1.54, 1.807) is 24.3 Å². The normalized spacial score (nSPS) is 13.0. The summed E-state index contributed by atoms with van der Waals surface area (Å²) in [4.78, 5) is 23.7. The van der Waals surface area contributed by atoms with E-state index >= 15 is 0 Å². The molecular formula is C18H21N3O4. The molecule has 7 heteroatoms. The lowest BCUT2D eigenvalue weighted by atomic mass is 10.0. The molecule has 132 valence electrons. The summed E-state index contributed by atoms with van der Waals surface area (Å²) in [5.74, 6) is -1.42. The Labute approximate surface area is 145 Å². The Bertz CT molecular complexity index is 744. The molecule has 0 heterocycles. The van der Waals surface area contributed by atoms with Crippen LogP contribution < -0.4 is 16.5 Å². The third-order valence-electron chi connectivity index (χ3n) is 3.80. The van der Waals surface area contributed by atoms with Crippen molar-refractivity contribution in [3.05, 3.63) is 59.7 Å². The Morgan fingerprint density at radius 1 is 1.12 bits per heavy atom. The number of hydrogen-bond donors (Lipinski definition) is 5. The predicted octanol–water partition coefficient (Wildman–Crippen LogP) is 0.797. The lowest BCUT2D eigenvalue weighted by Crippen LogP contribution is -2.51. The van der Waals surface area contributed by atoms with Crippen LogP contribution in [0.1, 0.15) is 22.8 Å². The lowest BCUT2D eigenvalue weighted by molar-refractivity contribution is -0.133. The van der Waals surface area contributed by atoms with Gasteiger partial charge in [0.05, 0.1) is 6.10 Å². The fraction of sp³-hybridized carbons (Fsp3) is 0.222. The molecule has 2 amide bonds. The Morgan fingerprint density at radius 3 is 2.36 bits per heavy atom. The van der Waals surface area contributed by atoms with Gasteiger partial charge in [-0.05, 0) is 41.8 Å². The molecule has 6 N–H and O–H groups in total. The van der Waals surface area contributed by atoms with E-state index in [0.29, 0.717) is 12.1 Å². The molecule has 25 heavy (non-hydrogen) atoms. The number of aliphatic hydroxyl groups is 1. The number of amides is 2. The van der Waals surface area contributed by atoms with Crippen LogP contribution in [0.25, 0.3) is 11.1 Å². The molecule has 0 aliphatic carbocycles. The number of nitrogens with two attached hydrogens (primary N) is 1. The number of rotatable bonds is 6. The highest BCUT2D eigenvalue weighted by Gasteiger charge is 2.25. The summed E-state index contributed by atoms with van der Waals surface area (Å²) in [6.07, 6.45) is -1.16. The number of carbonyl (C=O) groups is 2. The fourth-order valence-corrected chi connectivity index (χ4v) is 2.39. The lowest BCUT2D eigenvalue weighted by Gasteiger charge is -2.19. The Balaban J connectivity index is 2.15. The average Bonchev–Trinajstić information content (AvgIpc) is 2.65. The number of carbonyl (C=O) groups excluding carboxylic acids is 2. The topological polar surface area (TPSA) is 125 Å². The van der Waals surface area contributed by atoms with Gasteiger partial charge in [-0.25, -0.2) is 5.48 Å². The summed E-state index contributed by atoms with van der Waals surface area (Å²) in [5, 5.41) is 20.6. The molecule has 0 aliphatic heterocycles. The van der Waals surface area contributed by atoms with Crippen LogP contribution in [0.4, 0.5) is 0 Å². The summed E-state index contributed by atoms with van der Waals surface area (Å²) in [6, 6.07) is 13.3. The molecule has 2 aromatic carbocycles. The summed E-state index contributed by atoms with van der Waals surface area (Å²) in [6.45, 7) is 1.79. The van der Waals surface area contributed by atoms with Crippen molar-refractivity contribution in [3.8, 4) is 11.1 Å². The van der Waals surface area contributed by atoms with Crippen LogP contribution in [0, 0.1) is 0 Å². The van der Waals surface area contributed by atoms with Gasteiger partial charge in [0.1, 0.15) is 6.04 Å². The molecule has 0 saturated carbocycles. The van der Waals surface area contributed by atoms with Gasteiger partial charge in [0.25, 0.3) is 11.8 Å². The maximum atomic E-state index is 12.2. The van der Waals surface area contributed by atoms with Gasteiger partial charge in [-0.15, -0.1) is 0 Å². The monoisotopic (exact) mass is 343 g/mol. The first-order valence-corrected chi connectivity index (χ1v) is 7.78. The average molecular weight is 343 g/mol. The minimum atomic E-state index is -1.25. The van der Waals surface area contributed by atoms with Crippen LogP contribution in [0.5, 0.6) is 0 Å². The van der Waals surface area contributed by atoms with Crippen molar-refractivity contribution >= 4 is 11.8 Å². The second-order valence-corrected chi connectivity index (χ2v) is 5.65. The van der Waals surface area contributed by atoms with Crippen LogP contribution in [0.15, 0.2) is 48.5 Å². The fourth-order valence-electron chi connectivity index (χ4n) is 2.39. The second-order valence-electron chi connectivity index (χ2n) is 5.65. The van der Waals surface area contributed by atoms with E-state index in [0.717, 1.165) is 16.7 Å². The third-order valence-corrected chi connectivity index (χ3v) is 3.80. The van der Waals surface area contributed by atoms with Crippen LogP contribution in [-0.2, 0) is 11.3 Å². The SMILES string of the molecule is C[C@@H](O)[C@H](NC(=O)c1ccc(-c2cccc(CN)c2)cc1)C(=O)NO. The Morgan fingerprint density at radius 2 is 1.80 bits per heavy atom. The molecule has 0 bridgehead atoms. The van der Waals surface area contributed by atoms with Gasteiger partial charge in [0.15, 0.2) is 0 Å².